The molecular formula is C19H23FN2O3S. The van der Waals surface area contributed by atoms with Crippen LogP contribution >= 0.6 is 0 Å². The molecule has 0 unspecified atom stereocenters. The standard InChI is InChI=1S/C19H23FN2O3S/c1-3-25-17-6-4-16(5-7-17)21-10-12-22(13-11-21)26(23,24)18-8-9-19(20)15(2)14-18/h4-9,14H,3,10-13H2,1-2H3. The number of nitrogens with zero attached hydrogens (tertiary/aromatic N) is 2. The van der Waals surface area contributed by atoms with Gasteiger partial charge in [0.2, 0.25) is 10.0 Å². The van der Waals surface area contributed by atoms with Gasteiger partial charge in [-0.15, -0.1) is 0 Å². The summed E-state index contributed by atoms with van der Waals surface area (Å²) in [7, 11) is -3.60. The van der Waals surface area contributed by atoms with Gasteiger partial charge in [-0.05, 0) is 61.9 Å². The van der Waals surface area contributed by atoms with Crippen LogP contribution in [0.15, 0.2) is 47.4 Å². The molecule has 0 saturated carbocycles. The number of sulfonamides is 1. The smallest absolute Gasteiger partial charge is 0.243 e. The van der Waals surface area contributed by atoms with Crippen LogP contribution in [-0.2, 0) is 10.0 Å². The first-order chi connectivity index (χ1) is 12.4. The van der Waals surface area contributed by atoms with Gasteiger partial charge < -0.3 is 9.64 Å². The fourth-order valence-electron chi connectivity index (χ4n) is 3.03. The number of ether oxygens (including phenoxy) is 1. The van der Waals surface area contributed by atoms with Crippen molar-refractivity contribution in [3.63, 3.8) is 0 Å². The molecule has 140 valence electrons. The van der Waals surface area contributed by atoms with E-state index in [0.29, 0.717) is 38.3 Å². The fourth-order valence-corrected chi connectivity index (χ4v) is 4.54. The molecule has 3 rings (SSSR count). The average Bonchev–Trinajstić information content (AvgIpc) is 2.65. The van der Waals surface area contributed by atoms with Crippen LogP contribution in [0.1, 0.15) is 12.5 Å². The summed E-state index contributed by atoms with van der Waals surface area (Å²) in [6, 6.07) is 11.7. The summed E-state index contributed by atoms with van der Waals surface area (Å²) >= 11 is 0. The molecule has 1 saturated heterocycles. The van der Waals surface area contributed by atoms with E-state index >= 15 is 0 Å². The van der Waals surface area contributed by atoms with Gasteiger partial charge in [-0.3, -0.25) is 0 Å². The Morgan fingerprint density at radius 3 is 2.27 bits per heavy atom. The van der Waals surface area contributed by atoms with Gasteiger partial charge in [0.15, 0.2) is 0 Å². The molecule has 0 radical (unpaired) electrons. The molecule has 1 fully saturated rings. The van der Waals surface area contributed by atoms with Crippen molar-refractivity contribution >= 4 is 15.7 Å². The first kappa shape index (κ1) is 18.7. The molecule has 7 heteroatoms. The maximum Gasteiger partial charge on any atom is 0.243 e. The second-order valence-electron chi connectivity index (χ2n) is 6.23. The van der Waals surface area contributed by atoms with Gasteiger partial charge in [0, 0.05) is 31.9 Å². The molecule has 0 N–H and O–H groups in total. The third-order valence-electron chi connectivity index (χ3n) is 4.52. The Morgan fingerprint density at radius 2 is 1.69 bits per heavy atom. The Bertz CT molecular complexity index is 861. The highest BCUT2D eigenvalue weighted by Gasteiger charge is 2.28. The quantitative estimate of drug-likeness (QED) is 0.802. The van der Waals surface area contributed by atoms with Crippen LogP contribution in [0.5, 0.6) is 5.75 Å². The fraction of sp³-hybridized carbons (Fsp3) is 0.368. The summed E-state index contributed by atoms with van der Waals surface area (Å²) in [5.74, 6) is 0.424. The third-order valence-corrected chi connectivity index (χ3v) is 6.41. The normalized spacial score (nSPS) is 15.9. The molecule has 0 atom stereocenters. The molecule has 1 heterocycles. The largest absolute Gasteiger partial charge is 0.494 e. The van der Waals surface area contributed by atoms with E-state index in [-0.39, 0.29) is 4.90 Å². The van der Waals surface area contributed by atoms with Crippen molar-refractivity contribution in [2.45, 2.75) is 18.7 Å². The van der Waals surface area contributed by atoms with Gasteiger partial charge >= 0.3 is 0 Å². The SMILES string of the molecule is CCOc1ccc(N2CCN(S(=O)(=O)c3ccc(F)c(C)c3)CC2)cc1. The third kappa shape index (κ3) is 3.83. The molecule has 0 amide bonds. The highest BCUT2D eigenvalue weighted by Crippen LogP contribution is 2.24. The topological polar surface area (TPSA) is 49.9 Å². The van der Waals surface area contributed by atoms with Crippen molar-refractivity contribution in [1.29, 1.82) is 0 Å². The number of rotatable bonds is 5. The number of aryl methyl sites for hydroxylation is 1. The zero-order chi connectivity index (χ0) is 18.7. The maximum absolute atomic E-state index is 13.4. The second kappa shape index (κ2) is 7.63. The Hall–Kier alpha value is -2.12. The van der Waals surface area contributed by atoms with Gasteiger partial charge in [-0.2, -0.15) is 4.31 Å². The van der Waals surface area contributed by atoms with E-state index in [1.165, 1.54) is 22.5 Å². The van der Waals surface area contributed by atoms with Crippen LogP contribution in [-0.4, -0.2) is 45.5 Å². The Balaban J connectivity index is 1.68. The van der Waals surface area contributed by atoms with Crippen molar-refractivity contribution in [1.82, 2.24) is 4.31 Å². The number of anilines is 1. The van der Waals surface area contributed by atoms with E-state index < -0.39 is 15.8 Å². The first-order valence-electron chi connectivity index (χ1n) is 8.66. The van der Waals surface area contributed by atoms with Crippen LogP contribution in [0.2, 0.25) is 0 Å². The molecule has 1 aliphatic rings. The van der Waals surface area contributed by atoms with E-state index in [2.05, 4.69) is 4.90 Å². The summed E-state index contributed by atoms with van der Waals surface area (Å²) in [6.07, 6.45) is 0. The minimum Gasteiger partial charge on any atom is -0.494 e. The molecule has 0 spiro atoms. The van der Waals surface area contributed by atoms with Crippen LogP contribution in [0, 0.1) is 12.7 Å². The molecule has 0 bridgehead atoms. The number of piperazine rings is 1. The molecule has 5 nitrogen and oxygen atoms in total. The molecule has 0 aromatic heterocycles. The summed E-state index contributed by atoms with van der Waals surface area (Å²) in [6.45, 7) is 6.13. The average molecular weight is 378 g/mol. The zero-order valence-electron chi connectivity index (χ0n) is 15.0. The molecule has 26 heavy (non-hydrogen) atoms. The van der Waals surface area contributed by atoms with E-state index in [1.54, 1.807) is 6.92 Å². The number of benzene rings is 2. The highest BCUT2D eigenvalue weighted by atomic mass is 32.2. The highest BCUT2D eigenvalue weighted by molar-refractivity contribution is 7.89. The lowest BCUT2D eigenvalue weighted by Gasteiger charge is -2.35. The summed E-state index contributed by atoms with van der Waals surface area (Å²) in [5, 5.41) is 0. The van der Waals surface area contributed by atoms with Crippen LogP contribution < -0.4 is 9.64 Å². The Morgan fingerprint density at radius 1 is 1.04 bits per heavy atom. The lowest BCUT2D eigenvalue weighted by molar-refractivity contribution is 0.340. The molecule has 1 aliphatic heterocycles. The monoisotopic (exact) mass is 378 g/mol. The van der Waals surface area contributed by atoms with Gasteiger partial charge in [-0.25, -0.2) is 12.8 Å². The van der Waals surface area contributed by atoms with Crippen LogP contribution in [0.4, 0.5) is 10.1 Å². The van der Waals surface area contributed by atoms with Gasteiger partial charge in [0.05, 0.1) is 11.5 Å². The van der Waals surface area contributed by atoms with E-state index in [9.17, 15) is 12.8 Å². The summed E-state index contributed by atoms with van der Waals surface area (Å²) in [4.78, 5) is 2.29. The van der Waals surface area contributed by atoms with Gasteiger partial charge in [-0.1, -0.05) is 0 Å². The number of hydrogen-bond donors (Lipinski definition) is 0. The summed E-state index contributed by atoms with van der Waals surface area (Å²) in [5.41, 5.74) is 1.38. The van der Waals surface area contributed by atoms with Crippen molar-refractivity contribution in [2.75, 3.05) is 37.7 Å². The molecule has 2 aromatic rings. The van der Waals surface area contributed by atoms with Crippen LogP contribution in [0.25, 0.3) is 0 Å². The van der Waals surface area contributed by atoms with Gasteiger partial charge in [0.1, 0.15) is 11.6 Å². The minimum absolute atomic E-state index is 0.144. The van der Waals surface area contributed by atoms with E-state index in [1.807, 2.05) is 31.2 Å². The number of halogens is 1. The number of hydrogen-bond acceptors (Lipinski definition) is 4. The second-order valence-corrected chi connectivity index (χ2v) is 8.17. The van der Waals surface area contributed by atoms with Gasteiger partial charge in [0.25, 0.3) is 0 Å². The van der Waals surface area contributed by atoms with Crippen molar-refractivity contribution in [2.24, 2.45) is 0 Å². The lowest BCUT2D eigenvalue weighted by Crippen LogP contribution is -2.48. The minimum atomic E-state index is -3.60. The van der Waals surface area contributed by atoms with E-state index in [0.717, 1.165) is 11.4 Å². The van der Waals surface area contributed by atoms with E-state index in [4.69, 9.17) is 4.74 Å². The Labute approximate surface area is 154 Å². The first-order valence-corrected chi connectivity index (χ1v) is 10.1. The van der Waals surface area contributed by atoms with Crippen molar-refractivity contribution in [3.05, 3.63) is 53.8 Å². The Kier molecular flexibility index (Phi) is 5.48. The predicted octanol–water partition coefficient (Wildman–Crippen LogP) is 3.04. The van der Waals surface area contributed by atoms with Crippen molar-refractivity contribution in [3.8, 4) is 5.75 Å². The maximum atomic E-state index is 13.4. The zero-order valence-corrected chi connectivity index (χ0v) is 15.8. The van der Waals surface area contributed by atoms with Crippen LogP contribution in [0.3, 0.4) is 0 Å². The van der Waals surface area contributed by atoms with Crippen molar-refractivity contribution < 1.29 is 17.5 Å². The molecule has 2 aromatic carbocycles. The lowest BCUT2D eigenvalue weighted by atomic mass is 10.2. The molecular weight excluding hydrogens is 355 g/mol. The summed E-state index contributed by atoms with van der Waals surface area (Å²) < 4.78 is 45.9. The predicted molar refractivity (Wildman–Crippen MR) is 99.7 cm³/mol. The molecule has 0 aliphatic carbocycles.